The molecule has 1 aliphatic rings. The molecule has 1 heterocycles. The van der Waals surface area contributed by atoms with Gasteiger partial charge in [-0.2, -0.15) is 0 Å². The van der Waals surface area contributed by atoms with E-state index in [1.807, 2.05) is 6.08 Å². The first-order valence-electron chi connectivity index (χ1n) is 35.1. The monoisotopic (exact) mass is 1150 g/mol. The van der Waals surface area contributed by atoms with Crippen molar-refractivity contribution in [2.45, 2.75) is 391 Å². The lowest BCUT2D eigenvalue weighted by atomic mass is 9.99. The van der Waals surface area contributed by atoms with Crippen LogP contribution in [0.4, 0.5) is 0 Å². The Morgan fingerprint density at radius 2 is 0.790 bits per heavy atom. The van der Waals surface area contributed by atoms with Crippen LogP contribution in [0.15, 0.2) is 24.3 Å². The maximum atomic E-state index is 13.0. The van der Waals surface area contributed by atoms with Crippen LogP contribution in [-0.4, -0.2) is 100 Å². The number of hydrogen-bond donors (Lipinski definition) is 6. The lowest BCUT2D eigenvalue weighted by Gasteiger charge is -2.40. The van der Waals surface area contributed by atoms with Gasteiger partial charge >= 0.3 is 5.97 Å². The maximum absolute atomic E-state index is 13.0. The Morgan fingerprint density at radius 3 is 1.19 bits per heavy atom. The fourth-order valence-electron chi connectivity index (χ4n) is 11.3. The third-order valence-electron chi connectivity index (χ3n) is 16.8. The number of ether oxygens (including phenoxy) is 3. The summed E-state index contributed by atoms with van der Waals surface area (Å²) >= 11 is 0. The van der Waals surface area contributed by atoms with E-state index in [-0.39, 0.29) is 18.5 Å². The van der Waals surface area contributed by atoms with Gasteiger partial charge in [-0.25, -0.2) is 0 Å². The molecule has 0 aliphatic carbocycles. The smallest absolute Gasteiger partial charge is 0.305 e. The number of amides is 1. The van der Waals surface area contributed by atoms with Gasteiger partial charge in [0, 0.05) is 12.8 Å². The molecular weight excluding hydrogens is 1010 g/mol. The van der Waals surface area contributed by atoms with Crippen LogP contribution in [0.25, 0.3) is 0 Å². The van der Waals surface area contributed by atoms with Gasteiger partial charge in [-0.15, -0.1) is 0 Å². The number of esters is 1. The average Bonchev–Trinajstić information content (AvgIpc) is 3.47. The molecule has 0 aromatic heterocycles. The average molecular weight is 1150 g/mol. The van der Waals surface area contributed by atoms with E-state index >= 15 is 0 Å². The van der Waals surface area contributed by atoms with Crippen molar-refractivity contribution in [1.82, 2.24) is 5.32 Å². The van der Waals surface area contributed by atoms with Crippen molar-refractivity contribution in [2.75, 3.05) is 19.8 Å². The third kappa shape index (κ3) is 49.0. The number of carbonyl (C=O) groups is 2. The maximum Gasteiger partial charge on any atom is 0.305 e. The lowest BCUT2D eigenvalue weighted by Crippen LogP contribution is -2.60. The zero-order valence-corrected chi connectivity index (χ0v) is 53.0. The van der Waals surface area contributed by atoms with E-state index in [9.17, 15) is 35.1 Å². The highest BCUT2D eigenvalue weighted by atomic mass is 16.7. The number of rotatable bonds is 62. The van der Waals surface area contributed by atoms with Gasteiger partial charge in [-0.3, -0.25) is 9.59 Å². The second-order valence-corrected chi connectivity index (χ2v) is 24.6. The molecule has 0 spiro atoms. The van der Waals surface area contributed by atoms with E-state index in [2.05, 4.69) is 31.3 Å². The normalized spacial score (nSPS) is 18.3. The summed E-state index contributed by atoms with van der Waals surface area (Å²) in [6.07, 6.45) is 64.7. The number of carbonyl (C=O) groups excluding carboxylic acids is 2. The Labute approximate surface area is 499 Å². The lowest BCUT2D eigenvalue weighted by molar-refractivity contribution is -0.302. The Balaban J connectivity index is 1.92. The minimum absolute atomic E-state index is 0.0112. The van der Waals surface area contributed by atoms with Gasteiger partial charge in [0.15, 0.2) is 6.29 Å². The van der Waals surface area contributed by atoms with Gasteiger partial charge < -0.3 is 45.1 Å². The highest BCUT2D eigenvalue weighted by molar-refractivity contribution is 5.76. The van der Waals surface area contributed by atoms with Crippen molar-refractivity contribution in [3.8, 4) is 0 Å². The van der Waals surface area contributed by atoms with E-state index in [4.69, 9.17) is 14.2 Å². The molecule has 6 N–H and O–H groups in total. The third-order valence-corrected chi connectivity index (χ3v) is 16.8. The van der Waals surface area contributed by atoms with Crippen molar-refractivity contribution in [3.05, 3.63) is 24.3 Å². The van der Waals surface area contributed by atoms with Gasteiger partial charge in [0.1, 0.15) is 24.4 Å². The van der Waals surface area contributed by atoms with Crippen LogP contribution in [0.1, 0.15) is 348 Å². The van der Waals surface area contributed by atoms with Crippen LogP contribution in [0.3, 0.4) is 0 Å². The topological polar surface area (TPSA) is 175 Å². The Bertz CT molecular complexity index is 1390. The molecule has 0 bridgehead atoms. The first-order chi connectivity index (χ1) is 39.7. The second-order valence-electron chi connectivity index (χ2n) is 24.6. The molecule has 1 fully saturated rings. The van der Waals surface area contributed by atoms with Gasteiger partial charge in [0.05, 0.1) is 32.0 Å². The van der Waals surface area contributed by atoms with Crippen molar-refractivity contribution in [1.29, 1.82) is 0 Å². The minimum Gasteiger partial charge on any atom is -0.466 e. The standard InChI is InChI=1S/C70H133NO10/c1-3-5-7-9-11-13-14-15-31-35-38-42-46-50-54-58-66(75)79-59-55-51-47-43-39-36-33-30-28-26-24-22-20-18-16-17-19-21-23-25-27-29-32-34-37-41-45-49-53-57-65(74)71-62(63(73)56-52-48-44-40-12-10-8-6-4-2)61-80-70-69(78)68(77)67(76)64(60-72)81-70/h16,18,52,56,62-64,67-70,72-73,76-78H,3-15,17,19-51,53-55,57-61H2,1-2H3,(H,71,74)/b18-16-,56-52+. The number of aliphatic hydroxyl groups excluding tert-OH is 5. The fraction of sp³-hybridized carbons (Fsp3) is 0.914. The van der Waals surface area contributed by atoms with Crippen molar-refractivity contribution in [3.63, 3.8) is 0 Å². The summed E-state index contributed by atoms with van der Waals surface area (Å²) < 4.78 is 16.7. The van der Waals surface area contributed by atoms with Crippen LogP contribution in [-0.2, 0) is 23.8 Å². The Hall–Kier alpha value is -1.86. The zero-order valence-electron chi connectivity index (χ0n) is 53.0. The van der Waals surface area contributed by atoms with Gasteiger partial charge in [-0.05, 0) is 57.8 Å². The summed E-state index contributed by atoms with van der Waals surface area (Å²) in [5.41, 5.74) is 0. The number of unbranched alkanes of at least 4 members (excludes halogenated alkanes) is 46. The van der Waals surface area contributed by atoms with Crippen LogP contribution >= 0.6 is 0 Å². The highest BCUT2D eigenvalue weighted by Crippen LogP contribution is 2.23. The first-order valence-corrected chi connectivity index (χ1v) is 35.1. The summed E-state index contributed by atoms with van der Waals surface area (Å²) in [4.78, 5) is 25.1. The second kappa shape index (κ2) is 59.9. The molecule has 1 rings (SSSR count). The molecule has 0 aromatic carbocycles. The molecule has 11 nitrogen and oxygen atoms in total. The molecule has 11 heteroatoms. The largest absolute Gasteiger partial charge is 0.466 e. The van der Waals surface area contributed by atoms with Crippen molar-refractivity contribution >= 4 is 11.9 Å². The van der Waals surface area contributed by atoms with E-state index in [1.54, 1.807) is 6.08 Å². The molecule has 1 saturated heterocycles. The van der Waals surface area contributed by atoms with E-state index in [0.29, 0.717) is 19.4 Å². The summed E-state index contributed by atoms with van der Waals surface area (Å²) in [5, 5.41) is 54.3. The molecule has 1 aliphatic heterocycles. The first kappa shape index (κ1) is 77.2. The predicted octanol–water partition coefficient (Wildman–Crippen LogP) is 17.6. The fourth-order valence-corrected chi connectivity index (χ4v) is 11.3. The predicted molar refractivity (Wildman–Crippen MR) is 338 cm³/mol. The molecule has 1 amide bonds. The quantitative estimate of drug-likeness (QED) is 0.0195. The Morgan fingerprint density at radius 1 is 0.444 bits per heavy atom. The summed E-state index contributed by atoms with van der Waals surface area (Å²) in [7, 11) is 0. The number of nitrogens with one attached hydrogen (secondary N) is 1. The van der Waals surface area contributed by atoms with Gasteiger partial charge in [-0.1, -0.05) is 301 Å². The van der Waals surface area contributed by atoms with Crippen molar-refractivity contribution < 1.29 is 49.3 Å². The number of hydrogen-bond acceptors (Lipinski definition) is 10. The van der Waals surface area contributed by atoms with Crippen LogP contribution < -0.4 is 5.32 Å². The van der Waals surface area contributed by atoms with E-state index in [1.165, 1.54) is 270 Å². The molecule has 81 heavy (non-hydrogen) atoms. The van der Waals surface area contributed by atoms with Gasteiger partial charge in [0.2, 0.25) is 5.91 Å². The van der Waals surface area contributed by atoms with Crippen molar-refractivity contribution in [2.24, 2.45) is 0 Å². The highest BCUT2D eigenvalue weighted by Gasteiger charge is 2.44. The van der Waals surface area contributed by atoms with E-state index in [0.717, 1.165) is 51.4 Å². The summed E-state index contributed by atoms with van der Waals surface area (Å²) in [6.45, 7) is 4.35. The van der Waals surface area contributed by atoms with Crippen LogP contribution in [0.2, 0.25) is 0 Å². The zero-order chi connectivity index (χ0) is 58.7. The molecule has 7 atom stereocenters. The molecular formula is C70H133NO10. The van der Waals surface area contributed by atoms with E-state index < -0.39 is 49.5 Å². The van der Waals surface area contributed by atoms with Gasteiger partial charge in [0.25, 0.3) is 0 Å². The number of allylic oxidation sites excluding steroid dienone is 3. The summed E-state index contributed by atoms with van der Waals surface area (Å²) in [6, 6.07) is -0.807. The minimum atomic E-state index is -1.57. The summed E-state index contributed by atoms with van der Waals surface area (Å²) in [5.74, 6) is -0.170. The Kier molecular flexibility index (Phi) is 57.0. The molecule has 478 valence electrons. The SMILES string of the molecule is CCCCCCCCC/C=C/C(O)C(COC1OC(CO)C(O)C(O)C1O)NC(=O)CCCCCCCCCCCCCCC/C=C\CCCCCCCCCCCCCCOC(=O)CCCCCCCCCCCCCCCCC. The molecule has 7 unspecified atom stereocenters. The molecule has 0 radical (unpaired) electrons. The van der Waals surface area contributed by atoms with Crippen LogP contribution in [0, 0.1) is 0 Å². The molecule has 0 aromatic rings. The van der Waals surface area contributed by atoms with Crippen LogP contribution in [0.5, 0.6) is 0 Å². The number of aliphatic hydroxyl groups is 5. The molecule has 0 saturated carbocycles.